The molecule has 2 aliphatic heterocycles. The summed E-state index contributed by atoms with van der Waals surface area (Å²) in [6.07, 6.45) is 5.56. The number of imidazole rings is 1. The molecule has 6 heteroatoms. The molecule has 1 fully saturated rings. The van der Waals surface area contributed by atoms with Crippen LogP contribution in [-0.4, -0.2) is 53.7 Å². The third kappa shape index (κ3) is 3.46. The van der Waals surface area contributed by atoms with Crippen molar-refractivity contribution in [1.29, 1.82) is 0 Å². The fourth-order valence-electron chi connectivity index (χ4n) is 3.97. The molecule has 138 valence electrons. The van der Waals surface area contributed by atoms with Gasteiger partial charge in [0.1, 0.15) is 5.82 Å². The fraction of sp³-hybridized carbons (Fsp3) is 0.500. The quantitative estimate of drug-likeness (QED) is 0.842. The minimum absolute atomic E-state index is 0.0391. The van der Waals surface area contributed by atoms with E-state index in [0.717, 1.165) is 51.5 Å². The van der Waals surface area contributed by atoms with E-state index in [1.807, 2.05) is 24.3 Å². The van der Waals surface area contributed by atoms with E-state index in [4.69, 9.17) is 4.74 Å². The fourth-order valence-corrected chi connectivity index (χ4v) is 3.97. The Hall–Kier alpha value is -2.34. The Morgan fingerprint density at radius 2 is 2.12 bits per heavy atom. The first-order valence-corrected chi connectivity index (χ1v) is 9.38. The molecular formula is C20H26N4O2. The molecule has 1 aromatic carbocycles. The summed E-state index contributed by atoms with van der Waals surface area (Å²) in [6, 6.07) is 8.40. The average molecular weight is 354 g/mol. The summed E-state index contributed by atoms with van der Waals surface area (Å²) in [4.78, 5) is 21.6. The van der Waals surface area contributed by atoms with E-state index in [0.29, 0.717) is 6.54 Å². The minimum Gasteiger partial charge on any atom is -0.378 e. The van der Waals surface area contributed by atoms with Gasteiger partial charge in [-0.1, -0.05) is 18.2 Å². The number of benzene rings is 1. The highest BCUT2D eigenvalue weighted by Crippen LogP contribution is 2.25. The van der Waals surface area contributed by atoms with Gasteiger partial charge in [-0.3, -0.25) is 4.79 Å². The molecule has 2 aliphatic rings. The number of amides is 1. The monoisotopic (exact) mass is 354 g/mol. The SMILES string of the molecule is CN(Cc1ccccc1N1CCOCC1)C(=O)C1CCc2nccn2C1. The van der Waals surface area contributed by atoms with Gasteiger partial charge in [-0.25, -0.2) is 4.98 Å². The number of ether oxygens (including phenoxy) is 1. The molecule has 0 aliphatic carbocycles. The molecule has 4 rings (SSSR count). The van der Waals surface area contributed by atoms with E-state index in [9.17, 15) is 4.79 Å². The molecule has 0 radical (unpaired) electrons. The van der Waals surface area contributed by atoms with E-state index < -0.39 is 0 Å². The van der Waals surface area contributed by atoms with Crippen LogP contribution in [0.4, 0.5) is 5.69 Å². The summed E-state index contributed by atoms with van der Waals surface area (Å²) in [7, 11) is 1.92. The number of aryl methyl sites for hydroxylation is 1. The van der Waals surface area contributed by atoms with Crippen LogP contribution in [0.5, 0.6) is 0 Å². The van der Waals surface area contributed by atoms with Gasteiger partial charge >= 0.3 is 0 Å². The van der Waals surface area contributed by atoms with Crippen LogP contribution in [0.3, 0.4) is 0 Å². The van der Waals surface area contributed by atoms with Crippen LogP contribution in [0.1, 0.15) is 17.8 Å². The van der Waals surface area contributed by atoms with Gasteiger partial charge in [0, 0.05) is 57.7 Å². The Morgan fingerprint density at radius 1 is 1.31 bits per heavy atom. The summed E-state index contributed by atoms with van der Waals surface area (Å²) >= 11 is 0. The predicted octanol–water partition coefficient (Wildman–Crippen LogP) is 1.94. The van der Waals surface area contributed by atoms with E-state index in [-0.39, 0.29) is 11.8 Å². The van der Waals surface area contributed by atoms with Crippen molar-refractivity contribution in [3.05, 3.63) is 48.0 Å². The maximum Gasteiger partial charge on any atom is 0.227 e. The Kier molecular flexibility index (Phi) is 4.93. The van der Waals surface area contributed by atoms with Gasteiger partial charge in [-0.2, -0.15) is 0 Å². The summed E-state index contributed by atoms with van der Waals surface area (Å²) in [5.41, 5.74) is 2.42. The van der Waals surface area contributed by atoms with Crippen molar-refractivity contribution in [2.24, 2.45) is 5.92 Å². The second kappa shape index (κ2) is 7.50. The minimum atomic E-state index is 0.0391. The third-order valence-electron chi connectivity index (χ3n) is 5.41. The third-order valence-corrected chi connectivity index (χ3v) is 5.41. The van der Waals surface area contributed by atoms with Crippen molar-refractivity contribution in [3.8, 4) is 0 Å². The second-order valence-corrected chi connectivity index (χ2v) is 7.15. The zero-order chi connectivity index (χ0) is 17.9. The van der Waals surface area contributed by atoms with Gasteiger partial charge in [0.05, 0.1) is 19.1 Å². The van der Waals surface area contributed by atoms with Crippen LogP contribution in [-0.2, 0) is 29.0 Å². The average Bonchev–Trinajstić information content (AvgIpc) is 3.16. The Labute approximate surface area is 154 Å². The van der Waals surface area contributed by atoms with Crippen LogP contribution in [0.2, 0.25) is 0 Å². The molecule has 6 nitrogen and oxygen atoms in total. The zero-order valence-electron chi connectivity index (χ0n) is 15.3. The molecule has 26 heavy (non-hydrogen) atoms. The van der Waals surface area contributed by atoms with Crippen molar-refractivity contribution in [2.75, 3.05) is 38.3 Å². The summed E-state index contributed by atoms with van der Waals surface area (Å²) < 4.78 is 7.58. The van der Waals surface area contributed by atoms with Gasteiger partial charge in [-0.05, 0) is 18.1 Å². The van der Waals surface area contributed by atoms with Crippen LogP contribution < -0.4 is 4.90 Å². The predicted molar refractivity (Wildman–Crippen MR) is 100.0 cm³/mol. The number of carbonyl (C=O) groups excluding carboxylic acids is 1. The van der Waals surface area contributed by atoms with Crippen LogP contribution in [0, 0.1) is 5.92 Å². The number of aromatic nitrogens is 2. The highest BCUT2D eigenvalue weighted by molar-refractivity contribution is 5.79. The molecule has 2 aromatic rings. The Balaban J connectivity index is 1.45. The number of anilines is 1. The van der Waals surface area contributed by atoms with Crippen LogP contribution in [0.15, 0.2) is 36.7 Å². The molecule has 0 saturated carbocycles. The Morgan fingerprint density at radius 3 is 2.96 bits per heavy atom. The standard InChI is InChI=1S/C20H26N4O2/c1-22(20(25)17-6-7-19-21-8-9-24(19)15-17)14-16-4-2-3-5-18(16)23-10-12-26-13-11-23/h2-5,8-9,17H,6-7,10-15H2,1H3. The van der Waals surface area contributed by atoms with E-state index in [1.54, 1.807) is 0 Å². The topological polar surface area (TPSA) is 50.6 Å². The first kappa shape index (κ1) is 17.1. The normalized spacial score (nSPS) is 19.9. The number of hydrogen-bond acceptors (Lipinski definition) is 4. The van der Waals surface area contributed by atoms with Crippen LogP contribution in [0.25, 0.3) is 0 Å². The zero-order valence-corrected chi connectivity index (χ0v) is 15.3. The number of nitrogens with zero attached hydrogens (tertiary/aromatic N) is 4. The molecule has 1 unspecified atom stereocenters. The molecule has 1 saturated heterocycles. The molecule has 1 aromatic heterocycles. The summed E-state index contributed by atoms with van der Waals surface area (Å²) in [6.45, 7) is 4.71. The molecule has 0 spiro atoms. The van der Waals surface area contributed by atoms with Crippen molar-refractivity contribution < 1.29 is 9.53 Å². The highest BCUT2D eigenvalue weighted by Gasteiger charge is 2.27. The number of rotatable bonds is 4. The lowest BCUT2D eigenvalue weighted by atomic mass is 9.97. The van der Waals surface area contributed by atoms with Gasteiger partial charge < -0.3 is 19.1 Å². The first-order chi connectivity index (χ1) is 12.7. The van der Waals surface area contributed by atoms with Gasteiger partial charge in [0.2, 0.25) is 5.91 Å². The number of carbonyl (C=O) groups is 1. The second-order valence-electron chi connectivity index (χ2n) is 7.15. The van der Waals surface area contributed by atoms with E-state index in [2.05, 4.69) is 38.7 Å². The number of para-hydroxylation sites is 1. The molecule has 1 amide bonds. The summed E-state index contributed by atoms with van der Waals surface area (Å²) in [5.74, 6) is 1.35. The molecule has 0 N–H and O–H groups in total. The summed E-state index contributed by atoms with van der Waals surface area (Å²) in [5, 5.41) is 0. The van der Waals surface area contributed by atoms with Crippen molar-refractivity contribution >= 4 is 11.6 Å². The molecular weight excluding hydrogens is 328 g/mol. The highest BCUT2D eigenvalue weighted by atomic mass is 16.5. The van der Waals surface area contributed by atoms with Crippen molar-refractivity contribution in [2.45, 2.75) is 25.9 Å². The maximum absolute atomic E-state index is 13.0. The van der Waals surface area contributed by atoms with E-state index >= 15 is 0 Å². The largest absolute Gasteiger partial charge is 0.378 e. The lowest BCUT2D eigenvalue weighted by Gasteiger charge is -2.32. The van der Waals surface area contributed by atoms with Gasteiger partial charge in [0.25, 0.3) is 0 Å². The van der Waals surface area contributed by atoms with Gasteiger partial charge in [-0.15, -0.1) is 0 Å². The van der Waals surface area contributed by atoms with E-state index in [1.165, 1.54) is 11.3 Å². The van der Waals surface area contributed by atoms with Crippen LogP contribution >= 0.6 is 0 Å². The number of hydrogen-bond donors (Lipinski definition) is 0. The van der Waals surface area contributed by atoms with Crippen molar-refractivity contribution in [3.63, 3.8) is 0 Å². The van der Waals surface area contributed by atoms with Gasteiger partial charge in [0.15, 0.2) is 0 Å². The molecule has 0 bridgehead atoms. The van der Waals surface area contributed by atoms with Crippen molar-refractivity contribution in [1.82, 2.24) is 14.5 Å². The maximum atomic E-state index is 13.0. The lowest BCUT2D eigenvalue weighted by molar-refractivity contribution is -0.135. The lowest BCUT2D eigenvalue weighted by Crippen LogP contribution is -2.39. The number of fused-ring (bicyclic) bond motifs is 1. The smallest absolute Gasteiger partial charge is 0.227 e. The first-order valence-electron chi connectivity index (χ1n) is 9.38. The number of morpholine rings is 1. The Bertz CT molecular complexity index is 767. The molecule has 1 atom stereocenters. The molecule has 3 heterocycles.